The molecule has 0 saturated carbocycles. The molecule has 0 aromatic carbocycles. The van der Waals surface area contributed by atoms with Crippen molar-refractivity contribution in [3.8, 4) is 0 Å². The average Bonchev–Trinajstić information content (AvgIpc) is 2.28. The van der Waals surface area contributed by atoms with Gasteiger partial charge in [0, 0.05) is 0 Å². The summed E-state index contributed by atoms with van der Waals surface area (Å²) in [5.41, 5.74) is 1.38. The number of hydrazine groups is 1. The van der Waals surface area contributed by atoms with E-state index in [4.69, 9.17) is 0 Å². The van der Waals surface area contributed by atoms with Gasteiger partial charge in [-0.15, -0.1) is 0 Å². The average molecular weight is 238 g/mol. The van der Waals surface area contributed by atoms with Gasteiger partial charge in [0.05, 0.1) is 6.61 Å². The summed E-state index contributed by atoms with van der Waals surface area (Å²) in [6.45, 7) is 3.81. The van der Waals surface area contributed by atoms with Gasteiger partial charge in [0.25, 0.3) is 0 Å². The number of amides is 1. The molecule has 96 valence electrons. The third-order valence-corrected chi connectivity index (χ3v) is 2.44. The molecule has 1 amide bonds. The summed E-state index contributed by atoms with van der Waals surface area (Å²) in [6, 6.07) is 0. The van der Waals surface area contributed by atoms with Gasteiger partial charge in [-0.2, -0.15) is 8.78 Å². The summed E-state index contributed by atoms with van der Waals surface area (Å²) in [6.07, 6.45) is -0.283. The second kappa shape index (κ2) is 7.51. The molecule has 0 bridgehead atoms. The largest absolute Gasteiger partial charge is 0.437 e. The van der Waals surface area contributed by atoms with E-state index in [9.17, 15) is 13.6 Å². The van der Waals surface area contributed by atoms with E-state index in [0.29, 0.717) is 0 Å². The maximum atomic E-state index is 12.9. The van der Waals surface area contributed by atoms with Crippen molar-refractivity contribution in [3.05, 3.63) is 0 Å². The van der Waals surface area contributed by atoms with E-state index < -0.39 is 12.0 Å². The number of halogens is 2. The van der Waals surface area contributed by atoms with Crippen molar-refractivity contribution >= 4 is 5.91 Å². The molecule has 0 saturated heterocycles. The van der Waals surface area contributed by atoms with Crippen molar-refractivity contribution in [1.29, 1.82) is 0 Å². The van der Waals surface area contributed by atoms with Crippen LogP contribution < -0.4 is 11.3 Å². The van der Waals surface area contributed by atoms with Crippen LogP contribution in [0.4, 0.5) is 8.78 Å². The van der Waals surface area contributed by atoms with Crippen LogP contribution in [0.2, 0.25) is 0 Å². The van der Waals surface area contributed by atoms with Crippen molar-refractivity contribution in [2.75, 3.05) is 6.61 Å². The Bertz CT molecular complexity index is 213. The third kappa shape index (κ3) is 5.37. The van der Waals surface area contributed by atoms with E-state index in [-0.39, 0.29) is 12.5 Å². The summed E-state index contributed by atoms with van der Waals surface area (Å²) in [5.74, 6) is 3.06. The number of alkyl halides is 2. The molecule has 0 aliphatic heterocycles. The molecule has 0 radical (unpaired) electrons. The Morgan fingerprint density at radius 1 is 1.50 bits per heavy atom. The molecule has 4 nitrogen and oxygen atoms in total. The fourth-order valence-corrected chi connectivity index (χ4v) is 1.27. The summed E-state index contributed by atoms with van der Waals surface area (Å²) in [4.78, 5) is 10.6. The molecule has 1 atom stereocenters. The van der Waals surface area contributed by atoms with Gasteiger partial charge in [0.1, 0.15) is 0 Å². The highest BCUT2D eigenvalue weighted by Crippen LogP contribution is 2.20. The second-order valence-electron chi connectivity index (χ2n) is 3.72. The first-order valence-electron chi connectivity index (χ1n) is 5.50. The van der Waals surface area contributed by atoms with Crippen molar-refractivity contribution in [2.45, 2.75) is 45.6 Å². The zero-order valence-electron chi connectivity index (χ0n) is 9.76. The fourth-order valence-electron chi connectivity index (χ4n) is 1.27. The highest BCUT2D eigenvalue weighted by molar-refractivity contribution is 5.81. The molecule has 1 unspecified atom stereocenters. The van der Waals surface area contributed by atoms with E-state index >= 15 is 0 Å². The Morgan fingerprint density at radius 2 is 2.12 bits per heavy atom. The maximum absolute atomic E-state index is 12.9. The molecular formula is C10H20F2N2O2. The quantitative estimate of drug-likeness (QED) is 0.385. The first kappa shape index (κ1) is 15.2. The summed E-state index contributed by atoms with van der Waals surface area (Å²) in [7, 11) is 0. The van der Waals surface area contributed by atoms with E-state index in [0.717, 1.165) is 25.7 Å². The van der Waals surface area contributed by atoms with Crippen molar-refractivity contribution in [1.82, 2.24) is 5.43 Å². The molecule has 16 heavy (non-hydrogen) atoms. The molecule has 0 aromatic rings. The molecule has 0 heterocycles. The van der Waals surface area contributed by atoms with Gasteiger partial charge in [-0.1, -0.05) is 33.1 Å². The Kier molecular flexibility index (Phi) is 7.16. The zero-order valence-corrected chi connectivity index (χ0v) is 9.76. The van der Waals surface area contributed by atoms with Crippen LogP contribution in [0.25, 0.3) is 0 Å². The number of carbonyl (C=O) groups is 1. The molecule has 3 N–H and O–H groups in total. The fraction of sp³-hybridized carbons (Fsp3) is 0.900. The summed E-state index contributed by atoms with van der Waals surface area (Å²) < 4.78 is 30.2. The lowest BCUT2D eigenvalue weighted by atomic mass is 10.0. The van der Waals surface area contributed by atoms with Gasteiger partial charge in [0.2, 0.25) is 0 Å². The second-order valence-corrected chi connectivity index (χ2v) is 3.72. The van der Waals surface area contributed by atoms with Crippen molar-refractivity contribution < 1.29 is 18.3 Å². The number of hydrogen-bond acceptors (Lipinski definition) is 3. The topological polar surface area (TPSA) is 64.3 Å². The third-order valence-electron chi connectivity index (χ3n) is 2.44. The normalized spacial score (nSPS) is 13.6. The van der Waals surface area contributed by atoms with Gasteiger partial charge < -0.3 is 4.74 Å². The van der Waals surface area contributed by atoms with E-state index in [1.807, 2.05) is 13.8 Å². The van der Waals surface area contributed by atoms with E-state index in [1.54, 1.807) is 0 Å². The Balaban J connectivity index is 4.04. The molecule has 0 fully saturated rings. The van der Waals surface area contributed by atoms with Crippen LogP contribution in [-0.2, 0) is 9.53 Å². The molecule has 6 heteroatoms. The van der Waals surface area contributed by atoms with Crippen LogP contribution in [0, 0.1) is 5.92 Å². The lowest BCUT2D eigenvalue weighted by Crippen LogP contribution is -2.46. The number of hydrogen-bond donors (Lipinski definition) is 2. The van der Waals surface area contributed by atoms with Crippen LogP contribution in [-0.4, -0.2) is 18.6 Å². The molecule has 0 aliphatic carbocycles. The van der Waals surface area contributed by atoms with Gasteiger partial charge >= 0.3 is 12.0 Å². The number of unbranched alkanes of at least 4 members (excludes halogenated alkanes) is 1. The first-order valence-corrected chi connectivity index (χ1v) is 5.50. The predicted molar refractivity (Wildman–Crippen MR) is 56.5 cm³/mol. The van der Waals surface area contributed by atoms with Gasteiger partial charge in [-0.25, -0.2) is 5.84 Å². The van der Waals surface area contributed by atoms with Crippen LogP contribution in [0.1, 0.15) is 39.5 Å². The highest BCUT2D eigenvalue weighted by atomic mass is 19.3. The number of rotatable bonds is 8. The van der Waals surface area contributed by atoms with Crippen molar-refractivity contribution in [3.63, 3.8) is 0 Å². The Morgan fingerprint density at radius 3 is 2.56 bits per heavy atom. The van der Waals surface area contributed by atoms with Crippen LogP contribution in [0.5, 0.6) is 0 Å². The number of nitrogens with one attached hydrogen (secondary N) is 1. The standard InChI is InChI=1S/C10H20F2N2O2/c1-3-5-6-8(4-2)7-16-10(11,12)9(15)14-13/h8H,3-7,13H2,1-2H3,(H,14,15). The summed E-state index contributed by atoms with van der Waals surface area (Å²) in [5, 5.41) is 0. The summed E-state index contributed by atoms with van der Waals surface area (Å²) >= 11 is 0. The van der Waals surface area contributed by atoms with Crippen LogP contribution in [0.3, 0.4) is 0 Å². The minimum absolute atomic E-state index is 0.0522. The lowest BCUT2D eigenvalue weighted by molar-refractivity contribution is -0.235. The van der Waals surface area contributed by atoms with E-state index in [1.165, 1.54) is 5.43 Å². The maximum Gasteiger partial charge on any atom is 0.437 e. The zero-order chi connectivity index (χ0) is 12.6. The predicted octanol–water partition coefficient (Wildman–Crippen LogP) is 1.80. The van der Waals surface area contributed by atoms with Crippen molar-refractivity contribution in [2.24, 2.45) is 11.8 Å². The minimum Gasteiger partial charge on any atom is -0.312 e. The van der Waals surface area contributed by atoms with E-state index in [2.05, 4.69) is 10.6 Å². The Hall–Kier alpha value is -0.750. The monoisotopic (exact) mass is 238 g/mol. The number of ether oxygens (including phenoxy) is 1. The molecule has 0 aromatic heterocycles. The minimum atomic E-state index is -3.84. The molecule has 0 aliphatic rings. The first-order chi connectivity index (χ1) is 7.47. The molecular weight excluding hydrogens is 218 g/mol. The highest BCUT2D eigenvalue weighted by Gasteiger charge is 2.40. The van der Waals surface area contributed by atoms with Crippen LogP contribution >= 0.6 is 0 Å². The smallest absolute Gasteiger partial charge is 0.312 e. The number of carbonyl (C=O) groups excluding carboxylic acids is 1. The molecule has 0 rings (SSSR count). The number of nitrogens with two attached hydrogens (primary N) is 1. The van der Waals surface area contributed by atoms with Crippen LogP contribution in [0.15, 0.2) is 0 Å². The Labute approximate surface area is 94.5 Å². The SMILES string of the molecule is CCCCC(CC)COC(F)(F)C(=O)NN. The lowest BCUT2D eigenvalue weighted by Gasteiger charge is -2.19. The van der Waals surface area contributed by atoms with Gasteiger partial charge in [-0.3, -0.25) is 10.2 Å². The van der Waals surface area contributed by atoms with Gasteiger partial charge in [0.15, 0.2) is 0 Å². The van der Waals surface area contributed by atoms with Gasteiger partial charge in [-0.05, 0) is 12.3 Å². The molecule has 0 spiro atoms.